The predicted octanol–water partition coefficient (Wildman–Crippen LogP) is 5.18. The normalized spacial score (nSPS) is 12.5. The van der Waals surface area contributed by atoms with Crippen LogP contribution in [0.3, 0.4) is 0 Å². The quantitative estimate of drug-likeness (QED) is 0.696. The summed E-state index contributed by atoms with van der Waals surface area (Å²) in [7, 11) is 0. The maximum atomic E-state index is 10.4. The average Bonchev–Trinajstić information content (AvgIpc) is 2.35. The Balaban J connectivity index is 2.25. The van der Waals surface area contributed by atoms with Crippen molar-refractivity contribution in [3.8, 4) is 0 Å². The van der Waals surface area contributed by atoms with E-state index in [9.17, 15) is 5.11 Å². The number of benzene rings is 2. The van der Waals surface area contributed by atoms with Crippen LogP contribution in [-0.4, -0.2) is 5.11 Å². The molecule has 0 saturated carbocycles. The molecule has 4 heteroatoms. The molecule has 0 aliphatic heterocycles. The van der Waals surface area contributed by atoms with E-state index in [1.165, 1.54) is 0 Å². The van der Waals surface area contributed by atoms with Gasteiger partial charge in [0.15, 0.2) is 0 Å². The van der Waals surface area contributed by atoms with Crippen LogP contribution in [0.15, 0.2) is 36.4 Å². The Morgan fingerprint density at radius 2 is 1.89 bits per heavy atom. The van der Waals surface area contributed by atoms with Gasteiger partial charge < -0.3 is 5.11 Å². The first-order valence-corrected chi connectivity index (χ1v) is 7.69. The topological polar surface area (TPSA) is 20.2 Å². The third-order valence-corrected chi connectivity index (χ3v) is 4.51. The second-order valence-electron chi connectivity index (χ2n) is 4.48. The number of rotatable bonds is 3. The average molecular weight is 407 g/mol. The molecular weight excluding hydrogens is 394 g/mol. The Labute approximate surface area is 136 Å². The molecule has 0 aliphatic rings. The van der Waals surface area contributed by atoms with Gasteiger partial charge in [-0.1, -0.05) is 35.3 Å². The summed E-state index contributed by atoms with van der Waals surface area (Å²) in [6.45, 7) is 1.99. The number of hydrogen-bond acceptors (Lipinski definition) is 1. The van der Waals surface area contributed by atoms with Gasteiger partial charge in [0.05, 0.1) is 6.10 Å². The van der Waals surface area contributed by atoms with Crippen LogP contribution in [0.25, 0.3) is 0 Å². The molecule has 0 radical (unpaired) electrons. The molecule has 19 heavy (non-hydrogen) atoms. The van der Waals surface area contributed by atoms with E-state index in [1.807, 2.05) is 37.3 Å². The largest absolute Gasteiger partial charge is 0.388 e. The molecule has 1 atom stereocenters. The van der Waals surface area contributed by atoms with Crippen molar-refractivity contribution in [2.75, 3.05) is 0 Å². The van der Waals surface area contributed by atoms with Crippen LogP contribution in [0.5, 0.6) is 0 Å². The second-order valence-corrected chi connectivity index (χ2v) is 6.49. The second kappa shape index (κ2) is 6.44. The lowest BCUT2D eigenvalue weighted by Gasteiger charge is -2.14. The minimum absolute atomic E-state index is 0.482. The summed E-state index contributed by atoms with van der Waals surface area (Å²) in [6, 6.07) is 11.4. The van der Waals surface area contributed by atoms with Crippen molar-refractivity contribution in [2.24, 2.45) is 0 Å². The first-order chi connectivity index (χ1) is 8.97. The van der Waals surface area contributed by atoms with Crippen molar-refractivity contribution < 1.29 is 5.11 Å². The van der Waals surface area contributed by atoms with Crippen LogP contribution in [-0.2, 0) is 6.42 Å². The fraction of sp³-hybridized carbons (Fsp3) is 0.200. The smallest absolute Gasteiger partial charge is 0.0841 e. The molecule has 0 fully saturated rings. The van der Waals surface area contributed by atoms with Crippen molar-refractivity contribution in [3.05, 3.63) is 66.7 Å². The van der Waals surface area contributed by atoms with Gasteiger partial charge in [0.25, 0.3) is 0 Å². The van der Waals surface area contributed by atoms with Gasteiger partial charge in [-0.05, 0) is 70.5 Å². The van der Waals surface area contributed by atoms with Crippen LogP contribution >= 0.6 is 45.8 Å². The number of aliphatic hydroxyl groups excluding tert-OH is 1. The molecule has 2 rings (SSSR count). The standard InChI is InChI=1S/C15H13Cl2IO/c1-9-2-3-10(13(17)6-9)7-15(19)12-8-11(16)4-5-14(12)18/h2-6,8,15,19H,7H2,1H3. The van der Waals surface area contributed by atoms with Gasteiger partial charge in [-0.2, -0.15) is 0 Å². The molecule has 2 aromatic carbocycles. The van der Waals surface area contributed by atoms with Gasteiger partial charge in [0.1, 0.15) is 0 Å². The highest BCUT2D eigenvalue weighted by Gasteiger charge is 2.14. The molecule has 0 bridgehead atoms. The maximum absolute atomic E-state index is 10.4. The SMILES string of the molecule is Cc1ccc(CC(O)c2cc(Cl)ccc2I)c(Cl)c1. The fourth-order valence-corrected chi connectivity index (χ4v) is 3.09. The first-order valence-electron chi connectivity index (χ1n) is 5.85. The molecule has 0 saturated heterocycles. The van der Waals surface area contributed by atoms with Crippen LogP contribution in [0.1, 0.15) is 22.8 Å². The van der Waals surface area contributed by atoms with Gasteiger partial charge in [-0.25, -0.2) is 0 Å². The van der Waals surface area contributed by atoms with Crippen LogP contribution in [0.2, 0.25) is 10.0 Å². The molecule has 0 aromatic heterocycles. The van der Waals surface area contributed by atoms with E-state index in [1.54, 1.807) is 6.07 Å². The van der Waals surface area contributed by atoms with E-state index >= 15 is 0 Å². The van der Waals surface area contributed by atoms with E-state index in [-0.39, 0.29) is 0 Å². The molecule has 1 unspecified atom stereocenters. The molecule has 0 amide bonds. The summed E-state index contributed by atoms with van der Waals surface area (Å²) in [6.07, 6.45) is -0.124. The Morgan fingerprint density at radius 1 is 1.16 bits per heavy atom. The lowest BCUT2D eigenvalue weighted by molar-refractivity contribution is 0.177. The van der Waals surface area contributed by atoms with E-state index in [0.717, 1.165) is 20.3 Å². The number of aliphatic hydroxyl groups is 1. The zero-order valence-corrected chi connectivity index (χ0v) is 14.0. The molecule has 1 N–H and O–H groups in total. The summed E-state index contributed by atoms with van der Waals surface area (Å²) in [4.78, 5) is 0. The van der Waals surface area contributed by atoms with Crippen molar-refractivity contribution in [3.63, 3.8) is 0 Å². The predicted molar refractivity (Wildman–Crippen MR) is 89.0 cm³/mol. The van der Waals surface area contributed by atoms with Crippen molar-refractivity contribution in [1.82, 2.24) is 0 Å². The fourth-order valence-electron chi connectivity index (χ4n) is 1.91. The van der Waals surface area contributed by atoms with Gasteiger partial charge in [-0.3, -0.25) is 0 Å². The van der Waals surface area contributed by atoms with E-state index in [4.69, 9.17) is 23.2 Å². The van der Waals surface area contributed by atoms with Crippen molar-refractivity contribution in [2.45, 2.75) is 19.4 Å². The first kappa shape index (κ1) is 15.1. The Kier molecular flexibility index (Phi) is 5.12. The summed E-state index contributed by atoms with van der Waals surface area (Å²) < 4.78 is 0.998. The van der Waals surface area contributed by atoms with Crippen LogP contribution in [0.4, 0.5) is 0 Å². The van der Waals surface area contributed by atoms with E-state index in [0.29, 0.717) is 16.5 Å². The van der Waals surface area contributed by atoms with Gasteiger partial charge in [0.2, 0.25) is 0 Å². The lowest BCUT2D eigenvalue weighted by atomic mass is 10.0. The third-order valence-electron chi connectivity index (χ3n) is 2.94. The molecule has 100 valence electrons. The van der Waals surface area contributed by atoms with Gasteiger partial charge in [0, 0.05) is 20.0 Å². The van der Waals surface area contributed by atoms with Crippen molar-refractivity contribution in [1.29, 1.82) is 0 Å². The highest BCUT2D eigenvalue weighted by molar-refractivity contribution is 14.1. The number of hydrogen-bond donors (Lipinski definition) is 1. The van der Waals surface area contributed by atoms with Crippen LogP contribution < -0.4 is 0 Å². The highest BCUT2D eigenvalue weighted by Crippen LogP contribution is 2.28. The zero-order valence-electron chi connectivity index (χ0n) is 10.3. The molecule has 2 aromatic rings. The highest BCUT2D eigenvalue weighted by atomic mass is 127. The van der Waals surface area contributed by atoms with E-state index < -0.39 is 6.10 Å². The number of halogens is 3. The third kappa shape index (κ3) is 3.85. The Morgan fingerprint density at radius 3 is 2.58 bits per heavy atom. The minimum atomic E-state index is -0.606. The summed E-state index contributed by atoms with van der Waals surface area (Å²) in [5.41, 5.74) is 2.89. The lowest BCUT2D eigenvalue weighted by Crippen LogP contribution is -2.04. The molecule has 0 aliphatic carbocycles. The zero-order chi connectivity index (χ0) is 14.0. The van der Waals surface area contributed by atoms with Gasteiger partial charge in [-0.15, -0.1) is 0 Å². The summed E-state index contributed by atoms with van der Waals surface area (Å²) in [5, 5.41) is 11.7. The monoisotopic (exact) mass is 406 g/mol. The van der Waals surface area contributed by atoms with E-state index in [2.05, 4.69) is 22.6 Å². The number of aryl methyl sites for hydroxylation is 1. The van der Waals surface area contributed by atoms with Gasteiger partial charge >= 0.3 is 0 Å². The molecule has 0 spiro atoms. The van der Waals surface area contributed by atoms with Crippen LogP contribution in [0, 0.1) is 10.5 Å². The maximum Gasteiger partial charge on any atom is 0.0841 e. The minimum Gasteiger partial charge on any atom is -0.388 e. The Hall–Kier alpha value is -0.290. The molecular formula is C15H13Cl2IO. The molecule has 0 heterocycles. The Bertz CT molecular complexity index is 599. The summed E-state index contributed by atoms with van der Waals surface area (Å²) in [5.74, 6) is 0. The summed E-state index contributed by atoms with van der Waals surface area (Å²) >= 11 is 14.4. The molecule has 1 nitrogen and oxygen atoms in total. The van der Waals surface area contributed by atoms with Crippen molar-refractivity contribution >= 4 is 45.8 Å².